The molecule has 3 aromatic heterocycles. The van der Waals surface area contributed by atoms with E-state index in [1.165, 1.54) is 45.0 Å². The Kier molecular flexibility index (Phi) is 15.6. The number of halogens is 2. The first-order valence-electron chi connectivity index (χ1n) is 16.6. The third-order valence-electron chi connectivity index (χ3n) is 7.63. The highest BCUT2D eigenvalue weighted by Gasteiger charge is 2.19. The largest absolute Gasteiger partial charge is 0.476 e. The fourth-order valence-corrected chi connectivity index (χ4v) is 6.96. The van der Waals surface area contributed by atoms with E-state index in [2.05, 4.69) is 29.0 Å². The Balaban J connectivity index is 0.000000238. The Labute approximate surface area is 320 Å². The standard InChI is InChI=1S/C21H27ClN2O4S.C16H12ClN3O2S/c1-3-5-8-15(4-2)14-28-20(25)11-12-29-19-13-17(21(26)27)23-24(19)18-10-7-6-9-16(18)22;1-10-6-7-14(18-9-10)23-15-8-12(16(21)22)19-20(15)13-5-3-2-4-11(13)17/h6-7,9-10,13,15H,3-5,8,11-12,14H2,1-2H3,(H,26,27);2-9H,1H3,(H,21,22). The molecule has 0 bridgehead atoms. The summed E-state index contributed by atoms with van der Waals surface area (Å²) in [5.41, 5.74) is 2.15. The molecule has 0 amide bonds. The van der Waals surface area contributed by atoms with Gasteiger partial charge in [-0.1, -0.05) is 86.6 Å². The second-order valence-corrected chi connectivity index (χ2v) is 14.5. The number of carbonyl (C=O) groups excluding carboxylic acids is 1. The first-order valence-corrected chi connectivity index (χ1v) is 19.1. The summed E-state index contributed by atoms with van der Waals surface area (Å²) in [7, 11) is 0. The van der Waals surface area contributed by atoms with Gasteiger partial charge in [0.15, 0.2) is 11.4 Å². The van der Waals surface area contributed by atoms with Crippen LogP contribution in [0.15, 0.2) is 94.1 Å². The number of aryl methyl sites for hydroxylation is 1. The van der Waals surface area contributed by atoms with Crippen molar-refractivity contribution >= 4 is 64.6 Å². The summed E-state index contributed by atoms with van der Waals surface area (Å²) in [6.07, 6.45) is 6.35. The number of benzene rings is 2. The number of hydrogen-bond acceptors (Lipinski definition) is 9. The summed E-state index contributed by atoms with van der Waals surface area (Å²) >= 11 is 15.1. The van der Waals surface area contributed by atoms with E-state index >= 15 is 0 Å². The molecule has 5 aromatic rings. The van der Waals surface area contributed by atoms with E-state index in [9.17, 15) is 24.6 Å². The number of nitrogens with zero attached hydrogens (tertiary/aromatic N) is 5. The van der Waals surface area contributed by atoms with E-state index in [-0.39, 0.29) is 23.8 Å². The lowest BCUT2D eigenvalue weighted by atomic mass is 10.0. The number of thioether (sulfide) groups is 1. The van der Waals surface area contributed by atoms with Gasteiger partial charge in [0.05, 0.1) is 34.4 Å². The van der Waals surface area contributed by atoms with Crippen molar-refractivity contribution in [3.8, 4) is 11.4 Å². The number of aromatic nitrogens is 5. The van der Waals surface area contributed by atoms with Crippen LogP contribution in [-0.2, 0) is 9.53 Å². The Morgan fingerprint density at radius 1 is 0.846 bits per heavy atom. The van der Waals surface area contributed by atoms with Crippen LogP contribution in [0.3, 0.4) is 0 Å². The lowest BCUT2D eigenvalue weighted by molar-refractivity contribution is -0.144. The zero-order valence-electron chi connectivity index (χ0n) is 28.9. The van der Waals surface area contributed by atoms with E-state index in [0.29, 0.717) is 49.7 Å². The van der Waals surface area contributed by atoms with Crippen molar-refractivity contribution in [2.75, 3.05) is 12.4 Å². The fourth-order valence-electron chi connectivity index (χ4n) is 4.75. The first kappa shape index (κ1) is 40.5. The van der Waals surface area contributed by atoms with Gasteiger partial charge in [-0.3, -0.25) is 4.79 Å². The molecule has 0 spiro atoms. The van der Waals surface area contributed by atoms with Gasteiger partial charge in [0.1, 0.15) is 15.1 Å². The molecule has 5 rings (SSSR count). The number of hydrogen-bond donors (Lipinski definition) is 2. The maximum atomic E-state index is 12.1. The van der Waals surface area contributed by atoms with Crippen LogP contribution in [0.25, 0.3) is 11.4 Å². The van der Waals surface area contributed by atoms with Crippen LogP contribution in [0.2, 0.25) is 10.0 Å². The van der Waals surface area contributed by atoms with Crippen molar-refractivity contribution in [2.24, 2.45) is 5.92 Å². The molecule has 0 aliphatic rings. The van der Waals surface area contributed by atoms with Crippen LogP contribution in [0.4, 0.5) is 0 Å². The number of unbranched alkanes of at least 4 members (excludes halogenated alkanes) is 1. The number of ether oxygens (including phenoxy) is 1. The molecule has 0 saturated heterocycles. The first-order chi connectivity index (χ1) is 25.0. The molecular weight excluding hydrogens is 745 g/mol. The van der Waals surface area contributed by atoms with Gasteiger partial charge >= 0.3 is 17.9 Å². The molecule has 52 heavy (non-hydrogen) atoms. The molecule has 0 saturated carbocycles. The van der Waals surface area contributed by atoms with Gasteiger partial charge in [-0.15, -0.1) is 11.8 Å². The quantitative estimate of drug-likeness (QED) is 0.0728. The van der Waals surface area contributed by atoms with Crippen LogP contribution < -0.4 is 0 Å². The SMILES string of the molecule is CCCCC(CC)COC(=O)CCSc1cc(C(=O)O)nn1-c1ccccc1Cl.Cc1ccc(Sc2cc(C(=O)O)nn2-c2ccccc2Cl)nc1. The number of para-hydroxylation sites is 2. The van der Waals surface area contributed by atoms with Gasteiger partial charge in [0.25, 0.3) is 0 Å². The number of aromatic carboxylic acids is 2. The summed E-state index contributed by atoms with van der Waals surface area (Å²) in [6.45, 7) is 6.68. The highest BCUT2D eigenvalue weighted by Crippen LogP contribution is 2.32. The molecule has 11 nitrogen and oxygen atoms in total. The van der Waals surface area contributed by atoms with Crippen molar-refractivity contribution in [3.05, 3.63) is 106 Å². The monoisotopic (exact) mass is 783 g/mol. The number of pyridine rings is 1. The van der Waals surface area contributed by atoms with E-state index in [4.69, 9.17) is 27.9 Å². The van der Waals surface area contributed by atoms with Crippen molar-refractivity contribution in [3.63, 3.8) is 0 Å². The average Bonchev–Trinajstić information content (AvgIpc) is 3.75. The highest BCUT2D eigenvalue weighted by molar-refractivity contribution is 7.99. The average molecular weight is 785 g/mol. The summed E-state index contributed by atoms with van der Waals surface area (Å²) in [5, 5.41) is 29.7. The number of esters is 1. The Bertz CT molecular complexity index is 1970. The smallest absolute Gasteiger partial charge is 0.356 e. The number of rotatable bonds is 16. The number of carboxylic acid groups (broad SMARTS) is 2. The van der Waals surface area contributed by atoms with E-state index in [1.54, 1.807) is 42.6 Å². The zero-order valence-corrected chi connectivity index (χ0v) is 32.0. The highest BCUT2D eigenvalue weighted by atomic mass is 35.5. The molecule has 0 fully saturated rings. The molecule has 0 aliphatic carbocycles. The van der Waals surface area contributed by atoms with Crippen molar-refractivity contribution in [2.45, 2.75) is 68.0 Å². The van der Waals surface area contributed by atoms with Crippen molar-refractivity contribution in [1.82, 2.24) is 24.5 Å². The molecule has 0 radical (unpaired) electrons. The molecule has 274 valence electrons. The molecule has 2 aromatic carbocycles. The Hall–Kier alpha value is -4.30. The number of carboxylic acids is 2. The second kappa shape index (κ2) is 20.1. The van der Waals surface area contributed by atoms with Gasteiger partial charge < -0.3 is 14.9 Å². The topological polar surface area (TPSA) is 149 Å². The van der Waals surface area contributed by atoms with Crippen LogP contribution in [0, 0.1) is 12.8 Å². The lowest BCUT2D eigenvalue weighted by Crippen LogP contribution is -2.14. The van der Waals surface area contributed by atoms with E-state index < -0.39 is 11.9 Å². The Morgan fingerprint density at radius 3 is 1.94 bits per heavy atom. The molecule has 3 heterocycles. The molecule has 1 atom stereocenters. The van der Waals surface area contributed by atoms with Gasteiger partial charge in [-0.25, -0.2) is 23.9 Å². The maximum Gasteiger partial charge on any atom is 0.356 e. The lowest BCUT2D eigenvalue weighted by Gasteiger charge is -2.14. The van der Waals surface area contributed by atoms with Crippen LogP contribution in [-0.4, -0.2) is 65.0 Å². The molecule has 0 aliphatic heterocycles. The zero-order chi connectivity index (χ0) is 37.6. The molecular formula is C37H39Cl2N5O6S2. The Morgan fingerprint density at radius 2 is 1.42 bits per heavy atom. The minimum atomic E-state index is -1.12. The number of carbonyl (C=O) groups is 3. The predicted octanol–water partition coefficient (Wildman–Crippen LogP) is 9.54. The third kappa shape index (κ3) is 11.6. The molecule has 2 N–H and O–H groups in total. The normalized spacial score (nSPS) is 11.4. The van der Waals surface area contributed by atoms with Gasteiger partial charge in [-0.05, 0) is 66.9 Å². The second-order valence-electron chi connectivity index (χ2n) is 11.5. The van der Waals surface area contributed by atoms with Gasteiger partial charge in [0.2, 0.25) is 0 Å². The van der Waals surface area contributed by atoms with Crippen LogP contribution >= 0.6 is 46.7 Å². The van der Waals surface area contributed by atoms with Gasteiger partial charge in [0, 0.05) is 24.1 Å². The summed E-state index contributed by atoms with van der Waals surface area (Å²) in [5.74, 6) is -1.58. The van der Waals surface area contributed by atoms with E-state index in [0.717, 1.165) is 36.3 Å². The summed E-state index contributed by atoms with van der Waals surface area (Å²) in [4.78, 5) is 39.0. The van der Waals surface area contributed by atoms with Crippen molar-refractivity contribution < 1.29 is 29.3 Å². The van der Waals surface area contributed by atoms with Crippen molar-refractivity contribution in [1.29, 1.82) is 0 Å². The minimum absolute atomic E-state index is 0.0421. The van der Waals surface area contributed by atoms with Gasteiger partial charge in [-0.2, -0.15) is 10.2 Å². The summed E-state index contributed by atoms with van der Waals surface area (Å²) < 4.78 is 8.44. The fraction of sp³-hybridized carbons (Fsp3) is 0.297. The third-order valence-corrected chi connectivity index (χ3v) is 10.2. The van der Waals surface area contributed by atoms with Crippen LogP contribution in [0.5, 0.6) is 0 Å². The molecule has 1 unspecified atom stereocenters. The maximum absolute atomic E-state index is 12.1. The molecule has 15 heteroatoms. The summed E-state index contributed by atoms with van der Waals surface area (Å²) in [6, 6.07) is 21.0. The van der Waals surface area contributed by atoms with Crippen LogP contribution in [0.1, 0.15) is 72.5 Å². The minimum Gasteiger partial charge on any atom is -0.476 e. The predicted molar refractivity (Wildman–Crippen MR) is 204 cm³/mol. The van der Waals surface area contributed by atoms with E-state index in [1.807, 2.05) is 31.2 Å².